The predicted molar refractivity (Wildman–Crippen MR) is 135 cm³/mol. The third kappa shape index (κ3) is 5.56. The summed E-state index contributed by atoms with van der Waals surface area (Å²) < 4.78 is 13.2. The van der Waals surface area contributed by atoms with Crippen molar-refractivity contribution in [1.29, 1.82) is 0 Å². The number of piperidine rings is 1. The van der Waals surface area contributed by atoms with E-state index in [1.54, 1.807) is 24.3 Å². The van der Waals surface area contributed by atoms with E-state index < -0.39 is 0 Å². The van der Waals surface area contributed by atoms with Crippen molar-refractivity contribution < 1.29 is 14.3 Å². The topological polar surface area (TPSA) is 65.5 Å². The number of aromatic nitrogens is 1. The van der Waals surface area contributed by atoms with Crippen molar-refractivity contribution in [3.05, 3.63) is 102 Å². The van der Waals surface area contributed by atoms with Crippen LogP contribution in [0.15, 0.2) is 79.0 Å². The van der Waals surface area contributed by atoms with Crippen molar-refractivity contribution in [3.8, 4) is 11.1 Å². The van der Waals surface area contributed by atoms with Gasteiger partial charge in [-0.05, 0) is 65.4 Å². The van der Waals surface area contributed by atoms with Crippen LogP contribution >= 0.6 is 0 Å². The van der Waals surface area contributed by atoms with Crippen molar-refractivity contribution in [3.63, 3.8) is 0 Å². The van der Waals surface area contributed by atoms with Crippen LogP contribution in [0.25, 0.3) is 22.0 Å². The number of rotatable bonds is 6. The molecule has 35 heavy (non-hydrogen) atoms. The fourth-order valence-electron chi connectivity index (χ4n) is 4.57. The molecule has 5 rings (SSSR count). The number of aliphatic hydroxyl groups excluding tert-OH is 1. The van der Waals surface area contributed by atoms with Gasteiger partial charge in [0.2, 0.25) is 0 Å². The van der Waals surface area contributed by atoms with Crippen LogP contribution in [0.5, 0.6) is 0 Å². The molecule has 3 aromatic carbocycles. The number of carbonyl (C=O) groups excluding carboxylic acids is 1. The lowest BCUT2D eigenvalue weighted by Gasteiger charge is -2.29. The maximum Gasteiger partial charge on any atom is 0.251 e. The summed E-state index contributed by atoms with van der Waals surface area (Å²) in [6, 6.07) is 21.8. The number of hydrogen-bond donors (Lipinski definition) is 2. The van der Waals surface area contributed by atoms with Crippen LogP contribution in [0.4, 0.5) is 4.39 Å². The van der Waals surface area contributed by atoms with E-state index in [1.165, 1.54) is 12.1 Å². The number of likely N-dealkylation sites (tertiary alicyclic amines) is 1. The smallest absolute Gasteiger partial charge is 0.251 e. The number of aliphatic hydroxyl groups is 1. The van der Waals surface area contributed by atoms with Crippen molar-refractivity contribution in [2.75, 3.05) is 13.1 Å². The quantitative estimate of drug-likeness (QED) is 0.420. The molecule has 1 aromatic heterocycles. The zero-order chi connectivity index (χ0) is 24.2. The number of halogens is 1. The lowest BCUT2D eigenvalue weighted by Crippen LogP contribution is -2.35. The zero-order valence-corrected chi connectivity index (χ0v) is 19.5. The highest BCUT2D eigenvalue weighted by Gasteiger charge is 2.17. The van der Waals surface area contributed by atoms with E-state index in [4.69, 9.17) is 4.98 Å². The second kappa shape index (κ2) is 10.3. The molecule has 0 atom stereocenters. The van der Waals surface area contributed by atoms with Crippen LogP contribution in [-0.4, -0.2) is 40.1 Å². The minimum Gasteiger partial charge on any atom is -0.393 e. The van der Waals surface area contributed by atoms with E-state index >= 15 is 0 Å². The maximum atomic E-state index is 13.2. The van der Waals surface area contributed by atoms with Gasteiger partial charge in [-0.25, -0.2) is 4.39 Å². The molecule has 0 unspecified atom stereocenters. The number of pyridine rings is 1. The van der Waals surface area contributed by atoms with Crippen LogP contribution in [0.2, 0.25) is 0 Å². The summed E-state index contributed by atoms with van der Waals surface area (Å²) in [6.45, 7) is 3.00. The first-order valence-corrected chi connectivity index (χ1v) is 12.0. The molecule has 0 spiro atoms. The summed E-state index contributed by atoms with van der Waals surface area (Å²) in [5.74, 6) is -0.428. The molecular weight excluding hydrogens is 441 g/mol. The van der Waals surface area contributed by atoms with Crippen molar-refractivity contribution >= 4 is 16.8 Å². The third-order valence-electron chi connectivity index (χ3n) is 6.58. The Morgan fingerprint density at radius 2 is 1.69 bits per heavy atom. The van der Waals surface area contributed by atoms with Gasteiger partial charge in [-0.3, -0.25) is 14.7 Å². The highest BCUT2D eigenvalue weighted by atomic mass is 19.1. The molecule has 178 valence electrons. The molecule has 1 aliphatic rings. The van der Waals surface area contributed by atoms with Gasteiger partial charge in [0, 0.05) is 43.3 Å². The Bertz CT molecular complexity index is 1310. The third-order valence-corrected chi connectivity index (χ3v) is 6.58. The number of nitrogens with one attached hydrogen (secondary N) is 1. The SMILES string of the molecule is O=C(NCc1cccc2cc(CN3CCC(O)CC3)cnc12)c1ccc(-c2ccc(F)cc2)cc1. The lowest BCUT2D eigenvalue weighted by atomic mass is 10.0. The van der Waals surface area contributed by atoms with Gasteiger partial charge < -0.3 is 10.4 Å². The van der Waals surface area contributed by atoms with E-state index in [1.807, 2.05) is 36.5 Å². The highest BCUT2D eigenvalue weighted by Crippen LogP contribution is 2.22. The fourth-order valence-corrected chi connectivity index (χ4v) is 4.57. The Morgan fingerprint density at radius 3 is 2.40 bits per heavy atom. The van der Waals surface area contributed by atoms with Gasteiger partial charge in [0.05, 0.1) is 11.6 Å². The maximum absolute atomic E-state index is 13.2. The van der Waals surface area contributed by atoms with Crippen LogP contribution in [0, 0.1) is 5.82 Å². The molecule has 0 saturated carbocycles. The summed E-state index contributed by atoms with van der Waals surface area (Å²) in [4.78, 5) is 19.8. The van der Waals surface area contributed by atoms with E-state index in [-0.39, 0.29) is 17.8 Å². The molecule has 5 nitrogen and oxygen atoms in total. The van der Waals surface area contributed by atoms with Crippen molar-refractivity contribution in [1.82, 2.24) is 15.2 Å². The van der Waals surface area contributed by atoms with Crippen molar-refractivity contribution in [2.24, 2.45) is 0 Å². The second-order valence-corrected chi connectivity index (χ2v) is 9.11. The number of benzene rings is 3. The van der Waals surface area contributed by atoms with E-state index in [0.29, 0.717) is 12.1 Å². The molecule has 4 aromatic rings. The molecule has 1 saturated heterocycles. The summed E-state index contributed by atoms with van der Waals surface area (Å²) in [5, 5.41) is 13.8. The van der Waals surface area contributed by atoms with E-state index in [2.05, 4.69) is 16.3 Å². The fraction of sp³-hybridized carbons (Fsp3) is 0.241. The summed E-state index contributed by atoms with van der Waals surface area (Å²) in [5.41, 5.74) is 5.40. The molecule has 1 fully saturated rings. The summed E-state index contributed by atoms with van der Waals surface area (Å²) >= 11 is 0. The normalized spacial score (nSPS) is 14.8. The summed E-state index contributed by atoms with van der Waals surface area (Å²) in [7, 11) is 0. The van der Waals surface area contributed by atoms with Crippen LogP contribution in [0.3, 0.4) is 0 Å². The van der Waals surface area contributed by atoms with E-state index in [0.717, 1.165) is 65.6 Å². The zero-order valence-electron chi connectivity index (χ0n) is 19.5. The molecule has 0 aliphatic carbocycles. The van der Waals surface area contributed by atoms with Gasteiger partial charge in [0.25, 0.3) is 5.91 Å². The molecule has 2 N–H and O–H groups in total. The molecule has 0 bridgehead atoms. The van der Waals surface area contributed by atoms with Crippen LogP contribution in [-0.2, 0) is 13.1 Å². The number of nitrogens with zero attached hydrogens (tertiary/aromatic N) is 2. The van der Waals surface area contributed by atoms with Gasteiger partial charge in [0.15, 0.2) is 0 Å². The molecule has 2 heterocycles. The molecule has 1 aliphatic heterocycles. The Hall–Kier alpha value is -3.61. The Kier molecular flexibility index (Phi) is 6.84. The lowest BCUT2D eigenvalue weighted by molar-refractivity contribution is 0.0792. The van der Waals surface area contributed by atoms with Crippen LogP contribution in [0.1, 0.15) is 34.3 Å². The number of hydrogen-bond acceptors (Lipinski definition) is 4. The second-order valence-electron chi connectivity index (χ2n) is 9.11. The van der Waals surface area contributed by atoms with Crippen LogP contribution < -0.4 is 5.32 Å². The molecule has 0 radical (unpaired) electrons. The molecule has 1 amide bonds. The van der Waals surface area contributed by atoms with Gasteiger partial charge in [-0.15, -0.1) is 0 Å². The number of carbonyl (C=O) groups is 1. The predicted octanol–water partition coefficient (Wildman–Crippen LogP) is 4.93. The first-order valence-electron chi connectivity index (χ1n) is 12.0. The first-order chi connectivity index (χ1) is 17.0. The Balaban J connectivity index is 1.23. The molecular formula is C29H28FN3O2. The molecule has 6 heteroatoms. The Morgan fingerprint density at radius 1 is 1.00 bits per heavy atom. The average Bonchev–Trinajstić information content (AvgIpc) is 2.89. The largest absolute Gasteiger partial charge is 0.393 e. The minimum atomic E-state index is -0.272. The van der Waals surface area contributed by atoms with Gasteiger partial charge in [-0.1, -0.05) is 42.5 Å². The first kappa shape index (κ1) is 23.1. The van der Waals surface area contributed by atoms with Gasteiger partial charge in [-0.2, -0.15) is 0 Å². The number of amides is 1. The minimum absolute atomic E-state index is 0.156. The highest BCUT2D eigenvalue weighted by molar-refractivity contribution is 5.95. The van der Waals surface area contributed by atoms with Crippen molar-refractivity contribution in [2.45, 2.75) is 32.0 Å². The Labute approximate surface area is 204 Å². The van der Waals surface area contributed by atoms with Gasteiger partial charge >= 0.3 is 0 Å². The van der Waals surface area contributed by atoms with E-state index in [9.17, 15) is 14.3 Å². The monoisotopic (exact) mass is 469 g/mol. The standard InChI is InChI=1S/C29H28FN3O2/c30-26-10-8-22(9-11-26)21-4-6-23(7-5-21)29(35)32-18-25-3-1-2-24-16-20(17-31-28(24)25)19-33-14-12-27(34)13-15-33/h1-11,16-17,27,34H,12-15,18-19H2,(H,32,35). The number of fused-ring (bicyclic) bond motifs is 1. The summed E-state index contributed by atoms with van der Waals surface area (Å²) in [6.07, 6.45) is 3.37. The van der Waals surface area contributed by atoms with Gasteiger partial charge in [0.1, 0.15) is 5.82 Å². The average molecular weight is 470 g/mol. The number of para-hydroxylation sites is 1.